The zero-order valence-electron chi connectivity index (χ0n) is 15.8. The molecule has 6 nitrogen and oxygen atoms in total. The summed E-state index contributed by atoms with van der Waals surface area (Å²) < 4.78 is 28.3. The first-order chi connectivity index (χ1) is 11.7. The van der Waals surface area contributed by atoms with Crippen LogP contribution >= 0.6 is 7.60 Å². The Morgan fingerprint density at radius 3 is 2.12 bits per heavy atom. The van der Waals surface area contributed by atoms with Crippen molar-refractivity contribution >= 4 is 27.5 Å². The number of rotatable bonds is 10. The van der Waals surface area contributed by atoms with Gasteiger partial charge < -0.3 is 13.8 Å². The van der Waals surface area contributed by atoms with Gasteiger partial charge in [0.2, 0.25) is 0 Å². The van der Waals surface area contributed by atoms with Crippen molar-refractivity contribution in [3.63, 3.8) is 0 Å². The Kier molecular flexibility index (Phi) is 8.86. The maximum atomic E-state index is 12.5. The van der Waals surface area contributed by atoms with Crippen LogP contribution in [0.5, 0.6) is 0 Å². The summed E-state index contributed by atoms with van der Waals surface area (Å²) in [4.78, 5) is 11.8. The van der Waals surface area contributed by atoms with Gasteiger partial charge in [-0.2, -0.15) is 0 Å². The molecule has 1 aromatic carbocycles. The molecule has 25 heavy (non-hydrogen) atoms. The Hall–Kier alpha value is -1.14. The van der Waals surface area contributed by atoms with E-state index in [0.717, 1.165) is 11.6 Å². The maximum absolute atomic E-state index is 12.5. The third-order valence-electron chi connectivity index (χ3n) is 3.31. The largest absolute Gasteiger partial charge is 0.450 e. The third-order valence-corrected chi connectivity index (χ3v) is 7.07. The first kappa shape index (κ1) is 21.9. The van der Waals surface area contributed by atoms with E-state index in [9.17, 15) is 9.36 Å². The topological polar surface area (TPSA) is 73.9 Å². The number of carbonyl (C=O) groups excluding carboxylic acids is 1. The predicted molar refractivity (Wildman–Crippen MR) is 104 cm³/mol. The standard InChI is InChI=1S/C17H30NO5PSi/c1-6-22-24(20,23-7-2)14-15-8-10-16(11-9-15)18-17(19)21-12-13-25(3,4)5/h8-11H,6-7,12-14H2,1-5H3,(H,18,19). The van der Waals surface area contributed by atoms with Gasteiger partial charge in [-0.1, -0.05) is 31.8 Å². The van der Waals surface area contributed by atoms with Crippen LogP contribution in [0.4, 0.5) is 10.5 Å². The zero-order chi connectivity index (χ0) is 18.9. The molecule has 0 saturated heterocycles. The first-order valence-corrected chi connectivity index (χ1v) is 14.0. The van der Waals surface area contributed by atoms with Gasteiger partial charge in [0.15, 0.2) is 0 Å². The van der Waals surface area contributed by atoms with Crippen LogP contribution in [0, 0.1) is 0 Å². The van der Waals surface area contributed by atoms with Crippen LogP contribution in [-0.4, -0.2) is 34.0 Å². The molecule has 1 amide bonds. The molecule has 0 fully saturated rings. The number of hydrogen-bond acceptors (Lipinski definition) is 5. The van der Waals surface area contributed by atoms with Crippen molar-refractivity contribution in [1.82, 2.24) is 0 Å². The predicted octanol–water partition coefficient (Wildman–Crippen LogP) is 5.34. The van der Waals surface area contributed by atoms with Gasteiger partial charge in [0, 0.05) is 13.8 Å². The first-order valence-electron chi connectivity index (χ1n) is 8.58. The number of amides is 1. The molecule has 1 N–H and O–H groups in total. The molecule has 1 rings (SSSR count). The van der Waals surface area contributed by atoms with Crippen molar-refractivity contribution in [3.05, 3.63) is 29.8 Å². The summed E-state index contributed by atoms with van der Waals surface area (Å²) in [6.07, 6.45) is -0.254. The highest BCUT2D eigenvalue weighted by Gasteiger charge is 2.23. The Balaban J connectivity index is 2.55. The van der Waals surface area contributed by atoms with E-state index in [0.29, 0.717) is 25.5 Å². The molecule has 0 saturated carbocycles. The second-order valence-corrected chi connectivity index (χ2v) is 14.5. The van der Waals surface area contributed by atoms with Gasteiger partial charge >= 0.3 is 13.7 Å². The molecule has 0 aliphatic carbocycles. The summed E-state index contributed by atoms with van der Waals surface area (Å²) >= 11 is 0. The number of nitrogens with one attached hydrogen (secondary N) is 1. The normalized spacial score (nSPS) is 12.0. The lowest BCUT2D eigenvalue weighted by atomic mass is 10.2. The van der Waals surface area contributed by atoms with Gasteiger partial charge in [-0.05, 0) is 37.6 Å². The summed E-state index contributed by atoms with van der Waals surface area (Å²) in [6, 6.07) is 8.02. The molecule has 0 unspecified atom stereocenters. The summed E-state index contributed by atoms with van der Waals surface area (Å²) in [7, 11) is -4.34. The van der Waals surface area contributed by atoms with Crippen LogP contribution in [0.15, 0.2) is 24.3 Å². The Bertz CT molecular complexity index is 576. The van der Waals surface area contributed by atoms with Crippen molar-refractivity contribution in [2.45, 2.75) is 45.7 Å². The average molecular weight is 387 g/mol. The van der Waals surface area contributed by atoms with Crippen LogP contribution in [-0.2, 0) is 24.5 Å². The van der Waals surface area contributed by atoms with Crippen molar-refractivity contribution in [2.24, 2.45) is 0 Å². The van der Waals surface area contributed by atoms with E-state index >= 15 is 0 Å². The number of ether oxygens (including phenoxy) is 1. The highest BCUT2D eigenvalue weighted by atomic mass is 31.2. The van der Waals surface area contributed by atoms with Crippen LogP contribution in [0.25, 0.3) is 0 Å². The van der Waals surface area contributed by atoms with Crippen molar-refractivity contribution in [1.29, 1.82) is 0 Å². The molecule has 0 spiro atoms. The summed E-state index contributed by atoms with van der Waals surface area (Å²) in [5.74, 6) is 0. The number of benzene rings is 1. The molecule has 0 heterocycles. The Labute approximate surface area is 151 Å². The second-order valence-electron chi connectivity index (χ2n) is 6.87. The molecule has 0 aliphatic rings. The molecule has 0 radical (unpaired) electrons. The number of carbonyl (C=O) groups is 1. The van der Waals surface area contributed by atoms with Crippen LogP contribution < -0.4 is 5.32 Å². The molecule has 0 aliphatic heterocycles. The SMILES string of the molecule is CCOP(=O)(Cc1ccc(NC(=O)OCC[Si](C)(C)C)cc1)OCC. The van der Waals surface area contributed by atoms with E-state index in [1.54, 1.807) is 38.1 Å². The van der Waals surface area contributed by atoms with E-state index in [1.807, 2.05) is 0 Å². The van der Waals surface area contributed by atoms with E-state index in [1.165, 1.54) is 0 Å². The minimum atomic E-state index is -3.12. The molecular formula is C17H30NO5PSi. The smallest absolute Gasteiger partial charge is 0.411 e. The van der Waals surface area contributed by atoms with Crippen molar-refractivity contribution in [3.8, 4) is 0 Å². The Morgan fingerprint density at radius 2 is 1.64 bits per heavy atom. The third kappa shape index (κ3) is 9.21. The zero-order valence-corrected chi connectivity index (χ0v) is 17.7. The molecular weight excluding hydrogens is 357 g/mol. The lowest BCUT2D eigenvalue weighted by molar-refractivity contribution is 0.167. The summed E-state index contributed by atoms with van der Waals surface area (Å²) in [6.45, 7) is 11.4. The van der Waals surface area contributed by atoms with Gasteiger partial charge in [0.25, 0.3) is 0 Å². The molecule has 0 atom stereocenters. The number of hydrogen-bond donors (Lipinski definition) is 1. The highest BCUT2D eigenvalue weighted by Crippen LogP contribution is 2.51. The minimum Gasteiger partial charge on any atom is -0.450 e. The Morgan fingerprint density at radius 1 is 1.08 bits per heavy atom. The van der Waals surface area contributed by atoms with E-state index in [4.69, 9.17) is 13.8 Å². The summed E-state index contributed by atoms with van der Waals surface area (Å²) in [5.41, 5.74) is 1.45. The van der Waals surface area contributed by atoms with E-state index in [2.05, 4.69) is 25.0 Å². The lowest BCUT2D eigenvalue weighted by Gasteiger charge is -2.17. The fraction of sp³-hybridized carbons (Fsp3) is 0.588. The lowest BCUT2D eigenvalue weighted by Crippen LogP contribution is -2.24. The van der Waals surface area contributed by atoms with Gasteiger partial charge in [-0.3, -0.25) is 9.88 Å². The molecule has 0 aromatic heterocycles. The van der Waals surface area contributed by atoms with Crippen LogP contribution in [0.1, 0.15) is 19.4 Å². The van der Waals surface area contributed by atoms with Crippen molar-refractivity contribution in [2.75, 3.05) is 25.1 Å². The second kappa shape index (κ2) is 10.1. The van der Waals surface area contributed by atoms with Gasteiger partial charge in [0.05, 0.1) is 26.0 Å². The fourth-order valence-electron chi connectivity index (χ4n) is 2.04. The monoisotopic (exact) mass is 387 g/mol. The van der Waals surface area contributed by atoms with Gasteiger partial charge in [-0.15, -0.1) is 0 Å². The van der Waals surface area contributed by atoms with Crippen molar-refractivity contribution < 1.29 is 23.1 Å². The molecule has 1 aromatic rings. The minimum absolute atomic E-state index is 0.204. The molecule has 8 heteroatoms. The number of anilines is 1. The van der Waals surface area contributed by atoms with Gasteiger partial charge in [0.1, 0.15) is 0 Å². The fourth-order valence-corrected chi connectivity index (χ4v) is 4.46. The molecule has 0 bridgehead atoms. The van der Waals surface area contributed by atoms with Crippen LogP contribution in [0.2, 0.25) is 25.7 Å². The molecule has 142 valence electrons. The maximum Gasteiger partial charge on any atom is 0.411 e. The van der Waals surface area contributed by atoms with Crippen LogP contribution in [0.3, 0.4) is 0 Å². The average Bonchev–Trinajstić information content (AvgIpc) is 2.48. The van der Waals surface area contributed by atoms with E-state index in [-0.39, 0.29) is 6.16 Å². The highest BCUT2D eigenvalue weighted by molar-refractivity contribution is 7.53. The summed E-state index contributed by atoms with van der Waals surface area (Å²) in [5, 5.41) is 2.69. The van der Waals surface area contributed by atoms with Gasteiger partial charge in [-0.25, -0.2) is 4.79 Å². The van der Waals surface area contributed by atoms with E-state index < -0.39 is 21.8 Å². The quantitative estimate of drug-likeness (QED) is 0.433.